The van der Waals surface area contributed by atoms with Gasteiger partial charge in [-0.2, -0.15) is 0 Å². The number of rotatable bonds is 3. The summed E-state index contributed by atoms with van der Waals surface area (Å²) in [4.78, 5) is 2.25. The van der Waals surface area contributed by atoms with Crippen LogP contribution in [0.25, 0.3) is 5.57 Å². The largest absolute Gasteiger partial charge is 0.391 e. The molecule has 136 valence electrons. The Kier molecular flexibility index (Phi) is 5.30. The topological polar surface area (TPSA) is 23.5 Å². The Bertz CT molecular complexity index is 936. The van der Waals surface area contributed by atoms with Gasteiger partial charge in [0.1, 0.15) is 0 Å². The number of allylic oxidation sites excluding steroid dienone is 4. The summed E-state index contributed by atoms with van der Waals surface area (Å²) < 4.78 is 1.25. The van der Waals surface area contributed by atoms with E-state index in [0.29, 0.717) is 0 Å². The fourth-order valence-corrected chi connectivity index (χ4v) is 6.01. The molecular weight excluding hydrogens is 370 g/mol. The lowest BCUT2D eigenvalue weighted by Gasteiger charge is -2.36. The van der Waals surface area contributed by atoms with E-state index in [9.17, 15) is 5.11 Å². The third-order valence-electron chi connectivity index (χ3n) is 4.63. The molecule has 0 atom stereocenters. The lowest BCUT2D eigenvalue weighted by atomic mass is 9.90. The van der Waals surface area contributed by atoms with E-state index in [4.69, 9.17) is 0 Å². The average Bonchev–Trinajstić information content (AvgIpc) is 2.73. The molecule has 2 heterocycles. The number of anilines is 2. The number of hydrogen-bond donors (Lipinski definition) is 1. The van der Waals surface area contributed by atoms with E-state index in [2.05, 4.69) is 66.6 Å². The molecule has 0 amide bonds. The van der Waals surface area contributed by atoms with Gasteiger partial charge in [-0.05, 0) is 24.3 Å². The maximum absolute atomic E-state index is 9.91. The molecule has 27 heavy (non-hydrogen) atoms. The van der Waals surface area contributed by atoms with Gasteiger partial charge in [0.25, 0.3) is 0 Å². The van der Waals surface area contributed by atoms with E-state index >= 15 is 0 Å². The highest BCUT2D eigenvalue weighted by Gasteiger charge is 2.30. The zero-order chi connectivity index (χ0) is 18.8. The van der Waals surface area contributed by atoms with Gasteiger partial charge in [0, 0.05) is 38.1 Å². The first-order valence-corrected chi connectivity index (χ1v) is 10.8. The maximum Gasteiger partial charge on any atom is 0.0728 e. The van der Waals surface area contributed by atoms with Crippen LogP contribution in [-0.2, 0) is 0 Å². The first kappa shape index (κ1) is 18.2. The molecule has 4 heteroatoms. The first-order chi connectivity index (χ1) is 13.2. The summed E-state index contributed by atoms with van der Waals surface area (Å²) in [6.07, 6.45) is 3.59. The second-order valence-electron chi connectivity index (χ2n) is 6.33. The molecule has 2 aliphatic heterocycles. The van der Waals surface area contributed by atoms with Crippen molar-refractivity contribution in [1.82, 2.24) is 0 Å². The van der Waals surface area contributed by atoms with E-state index < -0.39 is 0 Å². The first-order valence-electron chi connectivity index (χ1n) is 8.86. The van der Waals surface area contributed by atoms with Gasteiger partial charge in [0.05, 0.1) is 17.5 Å². The van der Waals surface area contributed by atoms with Crippen molar-refractivity contribution in [3.8, 4) is 0 Å². The van der Waals surface area contributed by atoms with Gasteiger partial charge >= 0.3 is 0 Å². The van der Waals surface area contributed by atoms with Gasteiger partial charge < -0.3 is 10.0 Å². The lowest BCUT2D eigenvalue weighted by Crippen LogP contribution is -2.23. The number of para-hydroxylation sites is 2. The molecule has 2 nitrogen and oxygen atoms in total. The van der Waals surface area contributed by atoms with E-state index in [1.165, 1.54) is 15.4 Å². The molecule has 0 spiro atoms. The number of thioether (sulfide) groups is 2. The van der Waals surface area contributed by atoms with Crippen LogP contribution in [-0.4, -0.2) is 22.7 Å². The van der Waals surface area contributed by atoms with Crippen LogP contribution in [0.5, 0.6) is 0 Å². The molecular formula is C23H21NOS2. The highest BCUT2D eigenvalue weighted by atomic mass is 32.2. The van der Waals surface area contributed by atoms with Gasteiger partial charge in [0.15, 0.2) is 0 Å². The van der Waals surface area contributed by atoms with Crippen LogP contribution in [0.2, 0.25) is 0 Å². The molecule has 2 aromatic carbocycles. The van der Waals surface area contributed by atoms with Gasteiger partial charge in [0.2, 0.25) is 0 Å². The van der Waals surface area contributed by atoms with E-state index in [0.717, 1.165) is 34.2 Å². The quantitative estimate of drug-likeness (QED) is 0.696. The Hall–Kier alpha value is -2.14. The van der Waals surface area contributed by atoms with Crippen LogP contribution in [0.4, 0.5) is 11.4 Å². The van der Waals surface area contributed by atoms with Crippen molar-refractivity contribution in [2.45, 2.75) is 6.10 Å². The van der Waals surface area contributed by atoms with Crippen molar-refractivity contribution < 1.29 is 5.11 Å². The normalized spacial score (nSPS) is 19.7. The molecule has 0 unspecified atom stereocenters. The van der Waals surface area contributed by atoms with Gasteiger partial charge in [-0.25, -0.2) is 0 Å². The number of fused-ring (bicyclic) bond motifs is 1. The fourth-order valence-electron chi connectivity index (χ4n) is 3.46. The van der Waals surface area contributed by atoms with Crippen molar-refractivity contribution in [2.75, 3.05) is 16.4 Å². The number of benzene rings is 2. The lowest BCUT2D eigenvalue weighted by molar-refractivity contribution is 0.225. The molecule has 1 fully saturated rings. The van der Waals surface area contributed by atoms with Crippen molar-refractivity contribution in [3.05, 3.63) is 101 Å². The zero-order valence-electron chi connectivity index (χ0n) is 15.0. The molecule has 0 aromatic heterocycles. The smallest absolute Gasteiger partial charge is 0.0728 e. The SMILES string of the molecule is C=CC1=C(C=C)N(c2ccccc2)c2ccccc2C1=C1SCC(O)CS1. The van der Waals surface area contributed by atoms with Crippen LogP contribution in [0.1, 0.15) is 5.56 Å². The van der Waals surface area contributed by atoms with E-state index in [1.54, 1.807) is 23.5 Å². The molecule has 4 rings (SSSR count). The summed E-state index contributed by atoms with van der Waals surface area (Å²) in [5, 5.41) is 9.91. The van der Waals surface area contributed by atoms with E-state index in [1.807, 2.05) is 18.2 Å². The Balaban J connectivity index is 1.99. The molecule has 0 bridgehead atoms. The minimum atomic E-state index is -0.251. The second kappa shape index (κ2) is 7.85. The predicted molar refractivity (Wildman–Crippen MR) is 120 cm³/mol. The average molecular weight is 392 g/mol. The standard InChI is InChI=1S/C23H21NOS2/c1-3-18-20(4-2)24(16-10-6-5-7-11-16)21-13-9-8-12-19(21)22(18)23-26-14-17(25)15-27-23/h3-13,17,25H,1-2,14-15H2. The van der Waals surface area contributed by atoms with Crippen LogP contribution >= 0.6 is 23.5 Å². The summed E-state index contributed by atoms with van der Waals surface area (Å²) in [6.45, 7) is 8.21. The summed E-state index contributed by atoms with van der Waals surface area (Å²) in [5.74, 6) is 1.45. The van der Waals surface area contributed by atoms with Crippen molar-refractivity contribution in [3.63, 3.8) is 0 Å². The van der Waals surface area contributed by atoms with Gasteiger partial charge in [-0.15, -0.1) is 23.5 Å². The number of nitrogens with zero attached hydrogens (tertiary/aromatic N) is 1. The Morgan fingerprint density at radius 1 is 0.926 bits per heavy atom. The maximum atomic E-state index is 9.91. The summed E-state index contributed by atoms with van der Waals surface area (Å²) >= 11 is 3.46. The summed E-state index contributed by atoms with van der Waals surface area (Å²) in [6, 6.07) is 18.8. The van der Waals surface area contributed by atoms with Crippen LogP contribution in [0, 0.1) is 0 Å². The number of aliphatic hydroxyl groups is 1. The monoisotopic (exact) mass is 391 g/mol. The molecule has 0 radical (unpaired) electrons. The highest BCUT2D eigenvalue weighted by molar-refractivity contribution is 8.23. The molecule has 1 saturated heterocycles. The zero-order valence-corrected chi connectivity index (χ0v) is 16.6. The Morgan fingerprint density at radius 3 is 2.26 bits per heavy atom. The van der Waals surface area contributed by atoms with Crippen molar-refractivity contribution in [2.24, 2.45) is 0 Å². The van der Waals surface area contributed by atoms with Crippen LogP contribution < -0.4 is 4.90 Å². The predicted octanol–water partition coefficient (Wildman–Crippen LogP) is 5.97. The van der Waals surface area contributed by atoms with E-state index in [-0.39, 0.29) is 6.10 Å². The molecule has 1 N–H and O–H groups in total. The molecule has 2 aromatic rings. The van der Waals surface area contributed by atoms with Crippen molar-refractivity contribution >= 4 is 40.5 Å². The van der Waals surface area contributed by atoms with Crippen LogP contribution in [0.3, 0.4) is 0 Å². The van der Waals surface area contributed by atoms with Gasteiger partial charge in [-0.1, -0.05) is 55.6 Å². The minimum Gasteiger partial charge on any atom is -0.391 e. The second-order valence-corrected chi connectivity index (χ2v) is 8.65. The molecule has 2 aliphatic rings. The highest BCUT2D eigenvalue weighted by Crippen LogP contribution is 2.51. The molecule has 0 saturated carbocycles. The Morgan fingerprint density at radius 2 is 1.59 bits per heavy atom. The van der Waals surface area contributed by atoms with Gasteiger partial charge in [-0.3, -0.25) is 0 Å². The number of aliphatic hydroxyl groups excluding tert-OH is 1. The fraction of sp³-hybridized carbons (Fsp3) is 0.130. The summed E-state index contributed by atoms with van der Waals surface area (Å²) in [7, 11) is 0. The van der Waals surface area contributed by atoms with Crippen molar-refractivity contribution in [1.29, 1.82) is 0 Å². The number of hydrogen-bond acceptors (Lipinski definition) is 4. The molecule has 0 aliphatic carbocycles. The summed E-state index contributed by atoms with van der Waals surface area (Å²) in [5.41, 5.74) is 6.74. The minimum absolute atomic E-state index is 0.251. The third-order valence-corrected chi connectivity index (χ3v) is 7.37. The van der Waals surface area contributed by atoms with Crippen LogP contribution in [0.15, 0.2) is 95.4 Å². The third kappa shape index (κ3) is 3.29. The Labute approximate surface area is 169 Å².